The second-order valence-electron chi connectivity index (χ2n) is 7.27. The van der Waals surface area contributed by atoms with Crippen LogP contribution in [0.4, 0.5) is 5.69 Å². The van der Waals surface area contributed by atoms with Crippen molar-refractivity contribution in [2.24, 2.45) is 0 Å². The fourth-order valence-corrected chi connectivity index (χ4v) is 3.59. The maximum Gasteiger partial charge on any atom is 0.258 e. The molecule has 1 saturated heterocycles. The topological polar surface area (TPSA) is 60.9 Å². The molecule has 0 unspecified atom stereocenters. The molecule has 1 heterocycles. The first-order chi connectivity index (χ1) is 13.9. The second kappa shape index (κ2) is 8.90. The number of benzene rings is 2. The smallest absolute Gasteiger partial charge is 0.258 e. The van der Waals surface area contributed by atoms with Gasteiger partial charge in [0.2, 0.25) is 5.91 Å². The largest absolute Gasteiger partial charge is 0.339 e. The van der Waals surface area contributed by atoms with Crippen molar-refractivity contribution in [2.45, 2.75) is 20.8 Å². The van der Waals surface area contributed by atoms with Gasteiger partial charge in [0.1, 0.15) is 0 Å². The van der Waals surface area contributed by atoms with Gasteiger partial charge in [-0.2, -0.15) is 0 Å². The third-order valence-corrected chi connectivity index (χ3v) is 5.24. The minimum atomic E-state index is -0.130. The molecule has 3 rings (SSSR count). The van der Waals surface area contributed by atoms with Crippen molar-refractivity contribution in [3.8, 4) is 0 Å². The molecule has 0 spiro atoms. The number of nitrogens with zero attached hydrogens (tertiary/aromatic N) is 3. The molecule has 1 aliphatic heterocycles. The molecular weight excluding hydrogens is 366 g/mol. The van der Waals surface area contributed by atoms with Crippen LogP contribution in [0.1, 0.15) is 40.1 Å². The van der Waals surface area contributed by atoms with Gasteiger partial charge in [-0.3, -0.25) is 14.4 Å². The number of carbonyl (C=O) groups excluding carboxylic acids is 3. The number of amides is 3. The molecule has 0 saturated carbocycles. The molecule has 1 aliphatic rings. The van der Waals surface area contributed by atoms with E-state index < -0.39 is 0 Å². The first kappa shape index (κ1) is 20.6. The van der Waals surface area contributed by atoms with Crippen molar-refractivity contribution < 1.29 is 14.4 Å². The number of aryl methyl sites for hydroxylation is 1. The van der Waals surface area contributed by atoms with Gasteiger partial charge in [0.25, 0.3) is 11.8 Å². The number of piperazine rings is 1. The van der Waals surface area contributed by atoms with Gasteiger partial charge in [-0.05, 0) is 49.7 Å². The summed E-state index contributed by atoms with van der Waals surface area (Å²) in [7, 11) is 0. The molecule has 2 aromatic rings. The summed E-state index contributed by atoms with van der Waals surface area (Å²) in [5, 5.41) is 0. The molecule has 3 amide bonds. The lowest BCUT2D eigenvalue weighted by molar-refractivity contribution is -0.130. The Morgan fingerprint density at radius 2 is 1.52 bits per heavy atom. The van der Waals surface area contributed by atoms with E-state index in [-0.39, 0.29) is 17.7 Å². The summed E-state index contributed by atoms with van der Waals surface area (Å²) in [6.07, 6.45) is 0. The van der Waals surface area contributed by atoms with E-state index in [4.69, 9.17) is 0 Å². The monoisotopic (exact) mass is 393 g/mol. The van der Waals surface area contributed by atoms with Gasteiger partial charge in [-0.15, -0.1) is 0 Å². The highest BCUT2D eigenvalue weighted by molar-refractivity contribution is 6.07. The second-order valence-corrected chi connectivity index (χ2v) is 7.27. The van der Waals surface area contributed by atoms with E-state index in [1.54, 1.807) is 45.9 Å². The minimum absolute atomic E-state index is 0.0282. The number of carbonyl (C=O) groups is 3. The first-order valence-electron chi connectivity index (χ1n) is 9.94. The van der Waals surface area contributed by atoms with Crippen LogP contribution in [0.3, 0.4) is 0 Å². The highest BCUT2D eigenvalue weighted by Crippen LogP contribution is 2.20. The Kier molecular flexibility index (Phi) is 6.32. The molecule has 0 N–H and O–H groups in total. The predicted octanol–water partition coefficient (Wildman–Crippen LogP) is 2.97. The molecule has 0 aliphatic carbocycles. The summed E-state index contributed by atoms with van der Waals surface area (Å²) >= 11 is 0. The molecule has 2 aromatic carbocycles. The van der Waals surface area contributed by atoms with Crippen LogP contribution in [-0.2, 0) is 4.79 Å². The number of rotatable bonds is 4. The lowest BCUT2D eigenvalue weighted by Crippen LogP contribution is -2.50. The molecular formula is C23H27N3O3. The van der Waals surface area contributed by atoms with E-state index in [1.807, 2.05) is 38.1 Å². The Morgan fingerprint density at radius 3 is 2.14 bits per heavy atom. The number of anilines is 1. The van der Waals surface area contributed by atoms with Gasteiger partial charge in [0.05, 0.1) is 0 Å². The predicted molar refractivity (Wildman–Crippen MR) is 113 cm³/mol. The number of hydrogen-bond donors (Lipinski definition) is 0. The first-order valence-corrected chi connectivity index (χ1v) is 9.94. The molecule has 29 heavy (non-hydrogen) atoms. The summed E-state index contributed by atoms with van der Waals surface area (Å²) in [6, 6.07) is 14.7. The third kappa shape index (κ3) is 4.65. The molecule has 1 fully saturated rings. The molecule has 152 valence electrons. The van der Waals surface area contributed by atoms with Crippen LogP contribution in [0.15, 0.2) is 48.5 Å². The zero-order valence-corrected chi connectivity index (χ0v) is 17.2. The van der Waals surface area contributed by atoms with Crippen molar-refractivity contribution in [3.63, 3.8) is 0 Å². The summed E-state index contributed by atoms with van der Waals surface area (Å²) in [6.45, 7) is 8.08. The van der Waals surface area contributed by atoms with E-state index in [9.17, 15) is 14.4 Å². The maximum absolute atomic E-state index is 13.1. The zero-order valence-electron chi connectivity index (χ0n) is 17.2. The van der Waals surface area contributed by atoms with Crippen molar-refractivity contribution >= 4 is 23.4 Å². The van der Waals surface area contributed by atoms with Gasteiger partial charge in [-0.1, -0.05) is 18.2 Å². The van der Waals surface area contributed by atoms with Crippen LogP contribution in [0, 0.1) is 6.92 Å². The Morgan fingerprint density at radius 1 is 0.897 bits per heavy atom. The lowest BCUT2D eigenvalue weighted by Gasteiger charge is -2.34. The highest BCUT2D eigenvalue weighted by Gasteiger charge is 2.24. The fraction of sp³-hybridized carbons (Fsp3) is 0.348. The molecule has 0 radical (unpaired) electrons. The van der Waals surface area contributed by atoms with Gasteiger partial charge < -0.3 is 14.7 Å². The van der Waals surface area contributed by atoms with Crippen molar-refractivity contribution in [2.75, 3.05) is 37.6 Å². The molecule has 0 aromatic heterocycles. The Balaban J connectivity index is 1.77. The van der Waals surface area contributed by atoms with Crippen LogP contribution in [0.25, 0.3) is 0 Å². The Labute approximate surface area is 171 Å². The lowest BCUT2D eigenvalue weighted by atomic mass is 10.1. The van der Waals surface area contributed by atoms with Crippen LogP contribution >= 0.6 is 0 Å². The Hall–Kier alpha value is -3.15. The van der Waals surface area contributed by atoms with E-state index >= 15 is 0 Å². The Bertz CT molecular complexity index is 917. The van der Waals surface area contributed by atoms with Crippen molar-refractivity contribution in [1.29, 1.82) is 0 Å². The van der Waals surface area contributed by atoms with Crippen LogP contribution < -0.4 is 4.90 Å². The third-order valence-electron chi connectivity index (χ3n) is 5.24. The van der Waals surface area contributed by atoms with Crippen LogP contribution in [-0.4, -0.2) is 60.2 Å². The molecule has 6 heteroatoms. The number of hydrogen-bond acceptors (Lipinski definition) is 3. The van der Waals surface area contributed by atoms with E-state index in [1.165, 1.54) is 0 Å². The molecule has 0 atom stereocenters. The summed E-state index contributed by atoms with van der Waals surface area (Å²) in [5.41, 5.74) is 2.91. The average molecular weight is 393 g/mol. The maximum atomic E-state index is 13.1. The summed E-state index contributed by atoms with van der Waals surface area (Å²) in [5.74, 6) is -0.212. The van der Waals surface area contributed by atoms with Crippen LogP contribution in [0.2, 0.25) is 0 Å². The van der Waals surface area contributed by atoms with Crippen LogP contribution in [0.5, 0.6) is 0 Å². The fourth-order valence-electron chi connectivity index (χ4n) is 3.59. The molecule has 6 nitrogen and oxygen atoms in total. The molecule has 0 bridgehead atoms. The van der Waals surface area contributed by atoms with E-state index in [0.29, 0.717) is 43.9 Å². The SMILES string of the molecule is CCN(C(=O)c1cccc(C(=O)N2CCN(C(C)=O)CC2)c1)c1cccc(C)c1. The minimum Gasteiger partial charge on any atom is -0.339 e. The standard InChI is InChI=1S/C23H27N3O3/c1-4-26(21-10-5-7-17(2)15-21)23(29)20-9-6-8-19(16-20)22(28)25-13-11-24(12-14-25)18(3)27/h5-10,15-16H,4,11-14H2,1-3H3. The van der Waals surface area contributed by atoms with Gasteiger partial charge in [0, 0.05) is 56.5 Å². The van der Waals surface area contributed by atoms with Gasteiger partial charge in [0.15, 0.2) is 0 Å². The van der Waals surface area contributed by atoms with Gasteiger partial charge >= 0.3 is 0 Å². The van der Waals surface area contributed by atoms with E-state index in [0.717, 1.165) is 11.3 Å². The normalized spacial score (nSPS) is 13.9. The average Bonchev–Trinajstić information content (AvgIpc) is 2.74. The van der Waals surface area contributed by atoms with Gasteiger partial charge in [-0.25, -0.2) is 0 Å². The van der Waals surface area contributed by atoms with Crippen molar-refractivity contribution in [3.05, 3.63) is 65.2 Å². The van der Waals surface area contributed by atoms with E-state index in [2.05, 4.69) is 0 Å². The zero-order chi connectivity index (χ0) is 21.0. The summed E-state index contributed by atoms with van der Waals surface area (Å²) < 4.78 is 0. The quantitative estimate of drug-likeness (QED) is 0.802. The van der Waals surface area contributed by atoms with Crippen molar-refractivity contribution in [1.82, 2.24) is 9.80 Å². The highest BCUT2D eigenvalue weighted by atomic mass is 16.2. The summed E-state index contributed by atoms with van der Waals surface area (Å²) in [4.78, 5) is 42.7.